The molecular formula is C20H28ClNO6. The highest BCUT2D eigenvalue weighted by atomic mass is 35.5. The van der Waals surface area contributed by atoms with Crippen LogP contribution in [0.5, 0.6) is 11.5 Å². The zero-order valence-corrected chi connectivity index (χ0v) is 16.9. The summed E-state index contributed by atoms with van der Waals surface area (Å²) in [6.45, 7) is 0.969. The molecule has 0 amide bonds. The van der Waals surface area contributed by atoms with Gasteiger partial charge in [0, 0.05) is 19.0 Å². The van der Waals surface area contributed by atoms with Crippen molar-refractivity contribution < 1.29 is 29.2 Å². The lowest BCUT2D eigenvalue weighted by molar-refractivity contribution is -0.132. The number of rotatable bonds is 7. The number of ether oxygens (including phenoxy) is 3. The minimum absolute atomic E-state index is 0. The van der Waals surface area contributed by atoms with Crippen LogP contribution < -0.4 is 14.8 Å². The van der Waals surface area contributed by atoms with Crippen LogP contribution in [0.15, 0.2) is 24.5 Å². The molecule has 1 heterocycles. The van der Waals surface area contributed by atoms with Gasteiger partial charge in [-0.25, -0.2) is 0 Å². The van der Waals surface area contributed by atoms with Crippen LogP contribution in [-0.4, -0.2) is 62.1 Å². The number of allylic oxidation sites excluding steroid dienone is 1. The number of nitrogens with one attached hydrogen (secondary N) is 1. The monoisotopic (exact) mass is 413 g/mol. The Balaban J connectivity index is 0.00000280. The largest absolute Gasteiger partial charge is 0.496 e. The Labute approximate surface area is 171 Å². The average Bonchev–Trinajstić information content (AvgIpc) is 2.69. The van der Waals surface area contributed by atoms with E-state index >= 15 is 0 Å². The molecule has 1 aromatic carbocycles. The van der Waals surface area contributed by atoms with Gasteiger partial charge in [0.05, 0.1) is 44.7 Å². The van der Waals surface area contributed by atoms with Gasteiger partial charge in [0.2, 0.25) is 0 Å². The number of hydrogen-bond acceptors (Lipinski definition) is 7. The first kappa shape index (κ1) is 22.5. The van der Waals surface area contributed by atoms with E-state index in [1.54, 1.807) is 26.4 Å². The van der Waals surface area contributed by atoms with E-state index in [1.165, 1.54) is 6.26 Å². The second kappa shape index (κ2) is 10.1. The number of benzene rings is 1. The molecule has 3 N–H and O–H groups in total. The lowest BCUT2D eigenvalue weighted by atomic mass is 9.72. The molecule has 1 aliphatic carbocycles. The summed E-state index contributed by atoms with van der Waals surface area (Å²) in [5, 5.41) is 22.4. The predicted octanol–water partition coefficient (Wildman–Crippen LogP) is 1.40. The van der Waals surface area contributed by atoms with E-state index in [9.17, 15) is 9.90 Å². The number of hydrogen-bond donors (Lipinski definition) is 3. The smallest absolute Gasteiger partial charge is 0.173 e. The molecule has 0 bridgehead atoms. The van der Waals surface area contributed by atoms with Crippen LogP contribution in [0.3, 0.4) is 0 Å². The molecule has 8 heteroatoms. The number of methoxy groups -OCH3 is 2. The predicted molar refractivity (Wildman–Crippen MR) is 107 cm³/mol. The summed E-state index contributed by atoms with van der Waals surface area (Å²) in [5.41, 5.74) is 1.23. The van der Waals surface area contributed by atoms with Crippen molar-refractivity contribution >= 4 is 23.8 Å². The van der Waals surface area contributed by atoms with Gasteiger partial charge < -0.3 is 29.7 Å². The number of Topliss-reactive ketones (excluding diaryl/α,β-unsaturated/α-hetero) is 1. The first-order chi connectivity index (χ1) is 13.1. The molecule has 1 saturated carbocycles. The second-order valence-corrected chi connectivity index (χ2v) is 6.91. The maximum absolute atomic E-state index is 13.1. The zero-order chi connectivity index (χ0) is 19.4. The van der Waals surface area contributed by atoms with Crippen LogP contribution >= 0.6 is 12.4 Å². The fourth-order valence-electron chi connectivity index (χ4n) is 3.94. The number of halogens is 1. The summed E-state index contributed by atoms with van der Waals surface area (Å²) in [7, 11) is 3.12. The summed E-state index contributed by atoms with van der Waals surface area (Å²) in [5.74, 6) is 0.693. The summed E-state index contributed by atoms with van der Waals surface area (Å²) in [4.78, 5) is 13.1. The second-order valence-electron chi connectivity index (χ2n) is 6.91. The van der Waals surface area contributed by atoms with Gasteiger partial charge in [-0.3, -0.25) is 4.79 Å². The molecule has 1 aliphatic heterocycles. The number of aliphatic hydroxyl groups excluding tert-OH is 2. The third kappa shape index (κ3) is 4.43. The highest BCUT2D eigenvalue weighted by Gasteiger charge is 2.46. The summed E-state index contributed by atoms with van der Waals surface area (Å²) in [6, 6.07) is 5.34. The fraction of sp³-hybridized carbons (Fsp3) is 0.550. The van der Waals surface area contributed by atoms with Crippen LogP contribution in [0, 0.1) is 11.8 Å². The van der Waals surface area contributed by atoms with Gasteiger partial charge in [-0.2, -0.15) is 0 Å². The quantitative estimate of drug-likeness (QED) is 0.581. The average molecular weight is 414 g/mol. The highest BCUT2D eigenvalue weighted by Crippen LogP contribution is 2.40. The van der Waals surface area contributed by atoms with Crippen LogP contribution in [0.2, 0.25) is 0 Å². The first-order valence-electron chi connectivity index (χ1n) is 9.22. The van der Waals surface area contributed by atoms with Gasteiger partial charge in [-0.15, -0.1) is 12.4 Å². The lowest BCUT2D eigenvalue weighted by Crippen LogP contribution is -2.51. The van der Waals surface area contributed by atoms with Crippen LogP contribution in [0.25, 0.3) is 5.57 Å². The van der Waals surface area contributed by atoms with Crippen molar-refractivity contribution in [3.8, 4) is 11.5 Å². The number of carbonyl (C=O) groups excluding carboxylic acids is 1. The molecule has 1 aromatic rings. The SMILES string of the molecule is COc1ccc(C2=COC3C(CCC(O)C3CNCCO)C2=O)cc1OC.Cl. The van der Waals surface area contributed by atoms with Gasteiger partial charge in [0.25, 0.3) is 0 Å². The van der Waals surface area contributed by atoms with Crippen LogP contribution in [0.1, 0.15) is 18.4 Å². The van der Waals surface area contributed by atoms with Crippen molar-refractivity contribution in [2.45, 2.75) is 25.0 Å². The van der Waals surface area contributed by atoms with E-state index in [1.807, 2.05) is 6.07 Å². The molecule has 3 rings (SSSR count). The highest BCUT2D eigenvalue weighted by molar-refractivity contribution is 6.22. The molecule has 0 aromatic heterocycles. The molecule has 4 unspecified atom stereocenters. The van der Waals surface area contributed by atoms with E-state index in [0.717, 1.165) is 5.56 Å². The topological polar surface area (TPSA) is 97.3 Å². The number of fused-ring (bicyclic) bond motifs is 1. The normalized spacial score (nSPS) is 26.4. The Morgan fingerprint density at radius 1 is 1.21 bits per heavy atom. The van der Waals surface area contributed by atoms with E-state index in [-0.39, 0.29) is 42.7 Å². The van der Waals surface area contributed by atoms with Crippen LogP contribution in [-0.2, 0) is 9.53 Å². The summed E-state index contributed by atoms with van der Waals surface area (Å²) >= 11 is 0. The molecule has 4 atom stereocenters. The molecule has 1 fully saturated rings. The van der Waals surface area contributed by atoms with Gasteiger partial charge >= 0.3 is 0 Å². The lowest BCUT2D eigenvalue weighted by Gasteiger charge is -2.42. The van der Waals surface area contributed by atoms with Gasteiger partial charge in [0.1, 0.15) is 6.10 Å². The molecule has 0 radical (unpaired) electrons. The minimum Gasteiger partial charge on any atom is -0.496 e. The first-order valence-corrected chi connectivity index (χ1v) is 9.22. The molecule has 7 nitrogen and oxygen atoms in total. The van der Waals surface area contributed by atoms with Crippen molar-refractivity contribution in [2.75, 3.05) is 33.9 Å². The Hall–Kier alpha value is -1.80. The Kier molecular flexibility index (Phi) is 8.12. The molecule has 0 spiro atoms. The summed E-state index contributed by atoms with van der Waals surface area (Å²) in [6.07, 6.45) is 1.76. The molecule has 156 valence electrons. The van der Waals surface area contributed by atoms with E-state index in [0.29, 0.717) is 43.0 Å². The van der Waals surface area contributed by atoms with E-state index in [4.69, 9.17) is 19.3 Å². The van der Waals surface area contributed by atoms with E-state index in [2.05, 4.69) is 5.32 Å². The Morgan fingerprint density at radius 3 is 2.64 bits per heavy atom. The van der Waals surface area contributed by atoms with Gasteiger partial charge in [0.15, 0.2) is 17.3 Å². The molecule has 2 aliphatic rings. The summed E-state index contributed by atoms with van der Waals surface area (Å²) < 4.78 is 16.5. The van der Waals surface area contributed by atoms with Crippen molar-refractivity contribution in [1.29, 1.82) is 0 Å². The molecule has 0 saturated heterocycles. The molecule has 28 heavy (non-hydrogen) atoms. The maximum Gasteiger partial charge on any atom is 0.173 e. The van der Waals surface area contributed by atoms with Crippen molar-refractivity contribution in [1.82, 2.24) is 5.32 Å². The van der Waals surface area contributed by atoms with Gasteiger partial charge in [-0.1, -0.05) is 6.07 Å². The maximum atomic E-state index is 13.1. The molecular weight excluding hydrogens is 386 g/mol. The van der Waals surface area contributed by atoms with Crippen molar-refractivity contribution in [2.24, 2.45) is 11.8 Å². The standard InChI is InChI=1S/C20H27NO6.ClH/c1-25-17-6-3-12(9-18(17)26-2)15-11-27-20-13(19(15)24)4-5-16(23)14(20)10-21-7-8-22;/h3,6,9,11,13-14,16,20-23H,4-5,7-8,10H2,1-2H3;1H. The Bertz CT molecular complexity index is 710. The minimum atomic E-state index is -0.527. The van der Waals surface area contributed by atoms with Crippen molar-refractivity contribution in [3.05, 3.63) is 30.0 Å². The zero-order valence-electron chi connectivity index (χ0n) is 16.1. The van der Waals surface area contributed by atoms with Crippen LogP contribution in [0.4, 0.5) is 0 Å². The number of ketones is 1. The van der Waals surface area contributed by atoms with E-state index < -0.39 is 6.10 Å². The number of carbonyl (C=O) groups is 1. The Morgan fingerprint density at radius 2 is 1.96 bits per heavy atom. The third-order valence-corrected chi connectivity index (χ3v) is 5.39. The fourth-order valence-corrected chi connectivity index (χ4v) is 3.94. The van der Waals surface area contributed by atoms with Gasteiger partial charge in [-0.05, 0) is 30.5 Å². The number of aliphatic hydroxyl groups is 2. The third-order valence-electron chi connectivity index (χ3n) is 5.39. The van der Waals surface area contributed by atoms with Crippen molar-refractivity contribution in [3.63, 3.8) is 0 Å².